The van der Waals surface area contributed by atoms with Gasteiger partial charge in [-0.1, -0.05) is 6.07 Å². The Hall–Kier alpha value is -1.81. The minimum absolute atomic E-state index is 0.0147. The Morgan fingerprint density at radius 1 is 1.38 bits per heavy atom. The number of rotatable bonds is 8. The molecule has 3 N–H and O–H groups in total. The number of sulfone groups is 1. The summed E-state index contributed by atoms with van der Waals surface area (Å²) in [4.78, 5) is 11.6. The molecule has 24 heavy (non-hydrogen) atoms. The molecule has 0 aromatic heterocycles. The smallest absolute Gasteiger partial charge is 0.416 e. The zero-order valence-corrected chi connectivity index (χ0v) is 13.8. The molecule has 1 aromatic carbocycles. The zero-order valence-electron chi connectivity index (χ0n) is 13.0. The lowest BCUT2D eigenvalue weighted by Crippen LogP contribution is -2.42. The molecule has 0 radical (unpaired) electrons. The zero-order chi connectivity index (χ0) is 18.4. The van der Waals surface area contributed by atoms with E-state index >= 15 is 0 Å². The van der Waals surface area contributed by atoms with Crippen LogP contribution in [0.25, 0.3) is 0 Å². The molecule has 0 aliphatic heterocycles. The molecule has 1 aromatic rings. The highest BCUT2D eigenvalue weighted by atomic mass is 32.2. The number of hydrogen-bond acceptors (Lipinski definition) is 5. The first-order valence-corrected chi connectivity index (χ1v) is 9.06. The minimum Gasteiger partial charge on any atom is -0.492 e. The molecule has 1 atom stereocenters. The lowest BCUT2D eigenvalue weighted by molar-refractivity contribution is -0.137. The van der Waals surface area contributed by atoms with Crippen LogP contribution in [-0.4, -0.2) is 45.5 Å². The molecule has 0 saturated carbocycles. The highest BCUT2D eigenvalue weighted by Crippen LogP contribution is 2.31. The molecule has 0 aliphatic rings. The van der Waals surface area contributed by atoms with Gasteiger partial charge in [0.2, 0.25) is 5.91 Å². The van der Waals surface area contributed by atoms with Crippen molar-refractivity contribution in [1.29, 1.82) is 0 Å². The van der Waals surface area contributed by atoms with Gasteiger partial charge in [0.05, 0.1) is 23.9 Å². The number of alkyl halides is 3. The van der Waals surface area contributed by atoms with E-state index in [0.717, 1.165) is 18.4 Å². The molecule has 6 nitrogen and oxygen atoms in total. The van der Waals surface area contributed by atoms with Crippen molar-refractivity contribution < 1.29 is 31.1 Å². The fourth-order valence-corrected chi connectivity index (χ4v) is 2.39. The van der Waals surface area contributed by atoms with Crippen LogP contribution in [0.1, 0.15) is 12.0 Å². The number of halogens is 3. The maximum Gasteiger partial charge on any atom is 0.416 e. The van der Waals surface area contributed by atoms with E-state index in [0.29, 0.717) is 0 Å². The van der Waals surface area contributed by atoms with Crippen LogP contribution >= 0.6 is 0 Å². The summed E-state index contributed by atoms with van der Waals surface area (Å²) in [5.41, 5.74) is 4.72. The maximum atomic E-state index is 12.5. The molecule has 136 valence electrons. The minimum atomic E-state index is -4.46. The van der Waals surface area contributed by atoms with E-state index in [4.69, 9.17) is 10.5 Å². The van der Waals surface area contributed by atoms with Crippen molar-refractivity contribution in [3.05, 3.63) is 29.8 Å². The van der Waals surface area contributed by atoms with E-state index in [1.165, 1.54) is 12.1 Å². The number of benzene rings is 1. The second kappa shape index (κ2) is 8.34. The molecule has 0 saturated heterocycles. The first-order chi connectivity index (χ1) is 11.0. The number of nitrogens with two attached hydrogens (primary N) is 1. The predicted molar refractivity (Wildman–Crippen MR) is 82.3 cm³/mol. The van der Waals surface area contributed by atoms with E-state index in [9.17, 15) is 26.4 Å². The lowest BCUT2D eigenvalue weighted by Gasteiger charge is -2.13. The molecule has 10 heteroatoms. The van der Waals surface area contributed by atoms with Gasteiger partial charge in [0.25, 0.3) is 0 Å². The number of carbonyl (C=O) groups excluding carboxylic acids is 1. The number of carbonyl (C=O) groups is 1. The molecular formula is C14H19F3N2O4S. The number of hydrogen-bond donors (Lipinski definition) is 2. The van der Waals surface area contributed by atoms with E-state index in [2.05, 4.69) is 5.32 Å². The van der Waals surface area contributed by atoms with Gasteiger partial charge in [-0.2, -0.15) is 13.2 Å². The molecule has 1 unspecified atom stereocenters. The van der Waals surface area contributed by atoms with Gasteiger partial charge in [0.1, 0.15) is 22.2 Å². The first-order valence-electron chi connectivity index (χ1n) is 7.00. The molecule has 0 aliphatic carbocycles. The molecule has 0 spiro atoms. The van der Waals surface area contributed by atoms with E-state index in [1.807, 2.05) is 0 Å². The Morgan fingerprint density at radius 3 is 2.62 bits per heavy atom. The van der Waals surface area contributed by atoms with Crippen molar-refractivity contribution in [2.45, 2.75) is 18.6 Å². The predicted octanol–water partition coefficient (Wildman–Crippen LogP) is 0.962. The van der Waals surface area contributed by atoms with Crippen LogP contribution in [0.3, 0.4) is 0 Å². The van der Waals surface area contributed by atoms with Crippen LogP contribution < -0.4 is 15.8 Å². The first kappa shape index (κ1) is 20.2. The summed E-state index contributed by atoms with van der Waals surface area (Å²) in [6.45, 7) is -0.0203. The summed E-state index contributed by atoms with van der Waals surface area (Å²) < 4.78 is 64.7. The Morgan fingerprint density at radius 2 is 2.04 bits per heavy atom. The van der Waals surface area contributed by atoms with Crippen molar-refractivity contribution >= 4 is 15.7 Å². The van der Waals surface area contributed by atoms with Gasteiger partial charge in [0, 0.05) is 6.26 Å². The number of ether oxygens (including phenoxy) is 1. The Bertz CT molecular complexity index is 662. The van der Waals surface area contributed by atoms with Crippen molar-refractivity contribution in [2.24, 2.45) is 5.73 Å². The van der Waals surface area contributed by atoms with E-state index < -0.39 is 33.5 Å². The van der Waals surface area contributed by atoms with Gasteiger partial charge >= 0.3 is 6.18 Å². The number of nitrogens with one attached hydrogen (secondary N) is 1. The van der Waals surface area contributed by atoms with Gasteiger partial charge in [0.15, 0.2) is 0 Å². The van der Waals surface area contributed by atoms with Crippen LogP contribution in [0.2, 0.25) is 0 Å². The van der Waals surface area contributed by atoms with Crippen LogP contribution in [0.5, 0.6) is 5.75 Å². The largest absolute Gasteiger partial charge is 0.492 e. The quantitative estimate of drug-likeness (QED) is 0.666. The summed E-state index contributed by atoms with van der Waals surface area (Å²) in [7, 11) is -3.21. The third-order valence-electron chi connectivity index (χ3n) is 2.97. The summed E-state index contributed by atoms with van der Waals surface area (Å²) in [6, 6.07) is 3.40. The normalized spacial score (nSPS) is 13.4. The van der Waals surface area contributed by atoms with Crippen molar-refractivity contribution in [1.82, 2.24) is 5.32 Å². The standard InChI is InChI=1S/C14H19F3N2O4S/c1-24(21,22)8-5-12(18)13(20)19-6-7-23-11-4-2-3-10(9-11)14(15,16)17/h2-4,9,12H,5-8,18H2,1H3,(H,19,20). The Kier molecular flexibility index (Phi) is 7.03. The van der Waals surface area contributed by atoms with E-state index in [1.54, 1.807) is 0 Å². The highest BCUT2D eigenvalue weighted by molar-refractivity contribution is 7.90. The molecule has 0 bridgehead atoms. The van der Waals surface area contributed by atoms with Crippen LogP contribution in [-0.2, 0) is 20.8 Å². The SMILES string of the molecule is CS(=O)(=O)CCC(N)C(=O)NCCOc1cccc(C(F)(F)F)c1. The second-order valence-electron chi connectivity index (χ2n) is 5.19. The topological polar surface area (TPSA) is 98.5 Å². The van der Waals surface area contributed by atoms with Gasteiger partial charge in [-0.3, -0.25) is 4.79 Å². The lowest BCUT2D eigenvalue weighted by atomic mass is 10.2. The van der Waals surface area contributed by atoms with Crippen LogP contribution in [0.4, 0.5) is 13.2 Å². The average Bonchev–Trinajstić information content (AvgIpc) is 2.47. The van der Waals surface area contributed by atoms with Gasteiger partial charge in [-0.15, -0.1) is 0 Å². The molecule has 1 rings (SSSR count). The number of amides is 1. The molecule has 0 heterocycles. The maximum absolute atomic E-state index is 12.5. The van der Waals surface area contributed by atoms with Crippen LogP contribution in [0.15, 0.2) is 24.3 Å². The van der Waals surface area contributed by atoms with Crippen molar-refractivity contribution in [2.75, 3.05) is 25.2 Å². The monoisotopic (exact) mass is 368 g/mol. The summed E-state index contributed by atoms with van der Waals surface area (Å²) in [5, 5.41) is 2.43. The van der Waals surface area contributed by atoms with Gasteiger partial charge < -0.3 is 15.8 Å². The Balaban J connectivity index is 2.37. The van der Waals surface area contributed by atoms with Gasteiger partial charge in [-0.25, -0.2) is 8.42 Å². The van der Waals surface area contributed by atoms with Crippen LogP contribution in [0, 0.1) is 0 Å². The molecule has 0 fully saturated rings. The van der Waals surface area contributed by atoms with Crippen molar-refractivity contribution in [3.8, 4) is 5.75 Å². The average molecular weight is 368 g/mol. The third-order valence-corrected chi connectivity index (χ3v) is 3.95. The Labute approximate surface area is 138 Å². The fourth-order valence-electron chi connectivity index (χ4n) is 1.71. The highest BCUT2D eigenvalue weighted by Gasteiger charge is 2.30. The van der Waals surface area contributed by atoms with Gasteiger partial charge in [-0.05, 0) is 24.6 Å². The fraction of sp³-hybridized carbons (Fsp3) is 0.500. The van der Waals surface area contributed by atoms with E-state index in [-0.39, 0.29) is 31.1 Å². The van der Waals surface area contributed by atoms with Crippen molar-refractivity contribution in [3.63, 3.8) is 0 Å². The third kappa shape index (κ3) is 7.64. The second-order valence-corrected chi connectivity index (χ2v) is 7.45. The summed E-state index contributed by atoms with van der Waals surface area (Å²) in [6.07, 6.45) is -3.43. The molecule has 1 amide bonds. The molecular weight excluding hydrogens is 349 g/mol. The summed E-state index contributed by atoms with van der Waals surface area (Å²) in [5.74, 6) is -0.728. The summed E-state index contributed by atoms with van der Waals surface area (Å²) >= 11 is 0.